The molecule has 0 saturated heterocycles. The molecule has 0 aliphatic heterocycles. The van der Waals surface area contributed by atoms with E-state index in [0.29, 0.717) is 11.1 Å². The number of amides is 1. The number of nitrogens with zero attached hydrogens (tertiary/aromatic N) is 2. The number of nitrogens with one attached hydrogen (secondary N) is 1. The molecular weight excluding hydrogens is 366 g/mol. The lowest BCUT2D eigenvalue weighted by atomic mass is 10.2. The van der Waals surface area contributed by atoms with Gasteiger partial charge in [0, 0.05) is 5.69 Å². The van der Waals surface area contributed by atoms with Gasteiger partial charge in [-0.25, -0.2) is 0 Å². The first-order valence-corrected chi connectivity index (χ1v) is 9.20. The molecule has 0 aliphatic carbocycles. The molecule has 1 aromatic heterocycles. The second kappa shape index (κ2) is 9.09. The van der Waals surface area contributed by atoms with E-state index in [1.165, 1.54) is 11.8 Å². The van der Waals surface area contributed by atoms with Crippen molar-refractivity contribution in [3.63, 3.8) is 0 Å². The Morgan fingerprint density at radius 2 is 1.96 bits per heavy atom. The van der Waals surface area contributed by atoms with Crippen LogP contribution in [-0.4, -0.2) is 29.0 Å². The number of rotatable bonds is 8. The third-order valence-corrected chi connectivity index (χ3v) is 4.41. The van der Waals surface area contributed by atoms with Gasteiger partial charge in [0.25, 0.3) is 11.1 Å². The van der Waals surface area contributed by atoms with Gasteiger partial charge in [-0.1, -0.05) is 30.0 Å². The summed E-state index contributed by atoms with van der Waals surface area (Å²) in [6.07, 6.45) is 0. The first-order chi connectivity index (χ1) is 13.1. The van der Waals surface area contributed by atoms with E-state index in [2.05, 4.69) is 15.5 Å². The third-order valence-electron chi connectivity index (χ3n) is 3.59. The molecule has 0 atom stereocenters. The molecule has 0 saturated carbocycles. The van der Waals surface area contributed by atoms with Crippen LogP contribution in [0.4, 0.5) is 5.69 Å². The Bertz CT molecular complexity index is 899. The van der Waals surface area contributed by atoms with Crippen LogP contribution in [0.3, 0.4) is 0 Å². The summed E-state index contributed by atoms with van der Waals surface area (Å²) < 4.78 is 16.2. The highest BCUT2D eigenvalue weighted by atomic mass is 32.2. The molecule has 140 valence electrons. The first-order valence-electron chi connectivity index (χ1n) is 8.21. The number of carbonyl (C=O) groups excluding carboxylic acids is 1. The fourth-order valence-electron chi connectivity index (χ4n) is 2.23. The largest absolute Gasteiger partial charge is 0.497 e. The Morgan fingerprint density at radius 3 is 2.70 bits per heavy atom. The summed E-state index contributed by atoms with van der Waals surface area (Å²) in [4.78, 5) is 12.1. The summed E-state index contributed by atoms with van der Waals surface area (Å²) in [5, 5.41) is 11.0. The quantitative estimate of drug-likeness (QED) is 0.592. The van der Waals surface area contributed by atoms with Crippen LogP contribution in [0, 0.1) is 6.92 Å². The highest BCUT2D eigenvalue weighted by Gasteiger charge is 2.11. The first kappa shape index (κ1) is 18.8. The van der Waals surface area contributed by atoms with E-state index in [1.807, 2.05) is 49.4 Å². The molecule has 3 aromatic rings. The number of benzene rings is 2. The van der Waals surface area contributed by atoms with Crippen LogP contribution in [0.2, 0.25) is 0 Å². The minimum atomic E-state index is -0.159. The fourth-order valence-corrected chi connectivity index (χ4v) is 2.81. The Hall–Kier alpha value is -3.00. The average Bonchev–Trinajstić information content (AvgIpc) is 3.15. The van der Waals surface area contributed by atoms with Gasteiger partial charge in [-0.2, -0.15) is 0 Å². The summed E-state index contributed by atoms with van der Waals surface area (Å²) in [5.41, 5.74) is 1.66. The van der Waals surface area contributed by atoms with Crippen molar-refractivity contribution in [2.24, 2.45) is 0 Å². The van der Waals surface area contributed by atoms with Gasteiger partial charge in [-0.05, 0) is 42.8 Å². The third kappa shape index (κ3) is 5.49. The predicted octanol–water partition coefficient (Wildman–Crippen LogP) is 3.70. The number of ether oxygens (including phenoxy) is 2. The summed E-state index contributed by atoms with van der Waals surface area (Å²) in [6.45, 7) is 2.08. The molecule has 1 heterocycles. The molecule has 0 spiro atoms. The molecule has 0 fully saturated rings. The van der Waals surface area contributed by atoms with Crippen molar-refractivity contribution in [2.75, 3.05) is 18.2 Å². The fraction of sp³-hybridized carbons (Fsp3) is 0.211. The van der Waals surface area contributed by atoms with Gasteiger partial charge in [0.15, 0.2) is 6.61 Å². The maximum absolute atomic E-state index is 12.1. The van der Waals surface area contributed by atoms with E-state index in [4.69, 9.17) is 13.9 Å². The monoisotopic (exact) mass is 385 g/mol. The maximum Gasteiger partial charge on any atom is 0.277 e. The Kier molecular flexibility index (Phi) is 6.32. The number of aromatic nitrogens is 2. The molecule has 3 rings (SSSR count). The standard InChI is InChI=1S/C19H19N3O4S/c1-13-10-15(24-2)8-9-16(13)20-17(23)12-27-19-22-21-18(26-19)11-25-14-6-4-3-5-7-14/h3-10H,11-12H2,1-2H3,(H,20,23). The van der Waals surface area contributed by atoms with E-state index >= 15 is 0 Å². The van der Waals surface area contributed by atoms with Crippen molar-refractivity contribution in [3.05, 3.63) is 60.0 Å². The van der Waals surface area contributed by atoms with E-state index < -0.39 is 0 Å². The van der Waals surface area contributed by atoms with Crippen molar-refractivity contribution in [2.45, 2.75) is 18.8 Å². The summed E-state index contributed by atoms with van der Waals surface area (Å²) in [6, 6.07) is 14.8. The van der Waals surface area contributed by atoms with Crippen LogP contribution in [0.15, 0.2) is 58.2 Å². The number of hydrogen-bond acceptors (Lipinski definition) is 7. The zero-order valence-electron chi connectivity index (χ0n) is 15.0. The van der Waals surface area contributed by atoms with Gasteiger partial charge in [0.05, 0.1) is 12.9 Å². The molecule has 0 aliphatic rings. The van der Waals surface area contributed by atoms with E-state index in [1.54, 1.807) is 13.2 Å². The zero-order chi connectivity index (χ0) is 19.1. The highest BCUT2D eigenvalue weighted by Crippen LogP contribution is 2.22. The van der Waals surface area contributed by atoms with Gasteiger partial charge >= 0.3 is 0 Å². The molecule has 2 aromatic carbocycles. The number of carbonyl (C=O) groups is 1. The molecule has 1 N–H and O–H groups in total. The molecule has 8 heteroatoms. The summed E-state index contributed by atoms with van der Waals surface area (Å²) in [5.74, 6) is 1.82. The number of aryl methyl sites for hydroxylation is 1. The average molecular weight is 385 g/mol. The van der Waals surface area contributed by atoms with E-state index in [-0.39, 0.29) is 18.3 Å². The number of thioether (sulfide) groups is 1. The molecule has 0 radical (unpaired) electrons. The minimum Gasteiger partial charge on any atom is -0.497 e. The van der Waals surface area contributed by atoms with Gasteiger partial charge in [-0.15, -0.1) is 10.2 Å². The van der Waals surface area contributed by atoms with Gasteiger partial charge < -0.3 is 19.2 Å². The molecule has 27 heavy (non-hydrogen) atoms. The van der Waals surface area contributed by atoms with Crippen molar-refractivity contribution in [3.8, 4) is 11.5 Å². The van der Waals surface area contributed by atoms with Crippen LogP contribution < -0.4 is 14.8 Å². The van der Waals surface area contributed by atoms with Crippen LogP contribution >= 0.6 is 11.8 Å². The number of hydrogen-bond donors (Lipinski definition) is 1. The van der Waals surface area contributed by atoms with E-state index in [9.17, 15) is 4.79 Å². The normalized spacial score (nSPS) is 10.4. The number of anilines is 1. The lowest BCUT2D eigenvalue weighted by molar-refractivity contribution is -0.113. The SMILES string of the molecule is COc1ccc(NC(=O)CSc2nnc(COc3ccccc3)o2)c(C)c1. The Labute approximate surface area is 161 Å². The Balaban J connectivity index is 1.47. The topological polar surface area (TPSA) is 86.5 Å². The van der Waals surface area contributed by atoms with Crippen LogP contribution in [0.1, 0.15) is 11.5 Å². The second-order valence-electron chi connectivity index (χ2n) is 5.58. The van der Waals surface area contributed by atoms with Gasteiger partial charge in [-0.3, -0.25) is 4.79 Å². The highest BCUT2D eigenvalue weighted by molar-refractivity contribution is 7.99. The van der Waals surface area contributed by atoms with Crippen LogP contribution in [-0.2, 0) is 11.4 Å². The maximum atomic E-state index is 12.1. The minimum absolute atomic E-state index is 0.159. The van der Waals surface area contributed by atoms with Crippen molar-refractivity contribution in [1.29, 1.82) is 0 Å². The van der Waals surface area contributed by atoms with Crippen molar-refractivity contribution >= 4 is 23.4 Å². The van der Waals surface area contributed by atoms with Gasteiger partial charge in [0.2, 0.25) is 5.91 Å². The molecule has 7 nitrogen and oxygen atoms in total. The second-order valence-corrected chi connectivity index (χ2v) is 6.51. The van der Waals surface area contributed by atoms with Crippen molar-refractivity contribution < 1.29 is 18.7 Å². The molecule has 0 bridgehead atoms. The number of methoxy groups -OCH3 is 1. The summed E-state index contributed by atoms with van der Waals surface area (Å²) >= 11 is 1.17. The molecular formula is C19H19N3O4S. The number of para-hydroxylation sites is 1. The zero-order valence-corrected chi connectivity index (χ0v) is 15.8. The molecule has 1 amide bonds. The lowest BCUT2D eigenvalue weighted by Crippen LogP contribution is -2.14. The predicted molar refractivity (Wildman–Crippen MR) is 102 cm³/mol. The van der Waals surface area contributed by atoms with Crippen LogP contribution in [0.25, 0.3) is 0 Å². The summed E-state index contributed by atoms with van der Waals surface area (Å²) in [7, 11) is 1.60. The van der Waals surface area contributed by atoms with Crippen molar-refractivity contribution in [1.82, 2.24) is 10.2 Å². The van der Waals surface area contributed by atoms with Crippen LogP contribution in [0.5, 0.6) is 11.5 Å². The van der Waals surface area contributed by atoms with Gasteiger partial charge in [0.1, 0.15) is 11.5 Å². The smallest absolute Gasteiger partial charge is 0.277 e. The van der Waals surface area contributed by atoms with E-state index in [0.717, 1.165) is 22.7 Å². The lowest BCUT2D eigenvalue weighted by Gasteiger charge is -2.09. The molecule has 0 unspecified atom stereocenters. The Morgan fingerprint density at radius 1 is 1.15 bits per heavy atom.